The molecule has 2 aromatic heterocycles. The summed E-state index contributed by atoms with van der Waals surface area (Å²) in [5.74, 6) is -0.0468. The molecule has 0 saturated carbocycles. The lowest BCUT2D eigenvalue weighted by Crippen LogP contribution is -2.32. The van der Waals surface area contributed by atoms with E-state index in [0.717, 1.165) is 50.7 Å². The number of aryl methyl sites for hydroxylation is 2. The Morgan fingerprint density at radius 1 is 0.582 bits per heavy atom. The van der Waals surface area contributed by atoms with Crippen LogP contribution in [0.4, 0.5) is 26.3 Å². The molecule has 6 aromatic rings. The molecule has 4 aromatic carbocycles. The summed E-state index contributed by atoms with van der Waals surface area (Å²) in [4.78, 5) is 38.9. The molecule has 0 aliphatic heterocycles. The van der Waals surface area contributed by atoms with Gasteiger partial charge in [0.2, 0.25) is 0 Å². The van der Waals surface area contributed by atoms with Crippen LogP contribution in [0.15, 0.2) is 103 Å². The number of carbonyl (C=O) groups excluding carboxylic acids is 1. The van der Waals surface area contributed by atoms with Gasteiger partial charge in [-0.1, -0.05) is 70.7 Å². The third-order valence-corrected chi connectivity index (χ3v) is 11.7. The minimum atomic E-state index is -4.74. The fraction of sp³-hybridized carbons (Fsp3) is 0.404. The number of hydrogen-bond acceptors (Lipinski definition) is 9. The van der Waals surface area contributed by atoms with Gasteiger partial charge >= 0.3 is 29.6 Å². The number of unbranched alkanes of at least 4 members (excludes halogenated alkanes) is 4. The summed E-state index contributed by atoms with van der Waals surface area (Å²) in [5.41, 5.74) is -4.52. The van der Waals surface area contributed by atoms with Crippen LogP contribution in [0.1, 0.15) is 102 Å². The fourth-order valence-corrected chi connectivity index (χ4v) is 7.40. The summed E-state index contributed by atoms with van der Waals surface area (Å²) in [6.07, 6.45) is -3.96. The molecule has 0 atom stereocenters. The second kappa shape index (κ2) is 21.7. The lowest BCUT2D eigenvalue weighted by atomic mass is 9.91. The van der Waals surface area contributed by atoms with Crippen LogP contribution in [0.25, 0.3) is 44.2 Å². The number of ether oxygens (including phenoxy) is 4. The Bertz CT molecular complexity index is 2610. The minimum absolute atomic E-state index is 0.108. The number of benzene rings is 4. The summed E-state index contributed by atoms with van der Waals surface area (Å²) in [5, 5.41) is 0.563. The third-order valence-electron chi connectivity index (χ3n) is 11.7. The van der Waals surface area contributed by atoms with Crippen molar-refractivity contribution in [1.82, 2.24) is 0 Å². The molecule has 0 saturated heterocycles. The molecule has 0 aliphatic rings. The van der Waals surface area contributed by atoms with E-state index in [-0.39, 0.29) is 68.9 Å². The van der Waals surface area contributed by atoms with Crippen molar-refractivity contribution in [2.45, 2.75) is 111 Å². The number of rotatable bonds is 21. The molecule has 0 fully saturated rings. The van der Waals surface area contributed by atoms with Crippen molar-refractivity contribution in [3.8, 4) is 33.8 Å². The van der Waals surface area contributed by atoms with Crippen LogP contribution in [0, 0.1) is 5.41 Å². The van der Waals surface area contributed by atoms with Gasteiger partial charge in [0.1, 0.15) is 42.0 Å². The quantitative estimate of drug-likeness (QED) is 0.0229. The van der Waals surface area contributed by atoms with E-state index in [1.165, 1.54) is 60.7 Å². The van der Waals surface area contributed by atoms with Crippen molar-refractivity contribution in [1.29, 1.82) is 0 Å². The first-order chi connectivity index (χ1) is 31.8. The van der Waals surface area contributed by atoms with Crippen LogP contribution in [-0.2, 0) is 39.5 Å². The summed E-state index contributed by atoms with van der Waals surface area (Å²) in [6.45, 7) is 8.40. The molecule has 0 bridgehead atoms. The van der Waals surface area contributed by atoms with Gasteiger partial charge in [0.25, 0.3) is 0 Å². The number of esters is 1. The highest BCUT2D eigenvalue weighted by atomic mass is 19.4. The SMILES string of the molecule is CCCCCc1ccc(-c2cc3cc(OCC(COc4ccc5oc(=O)c(-c6ccc(CCCCC)cc6C(F)(F)F)cc5c4)OCOC(=O)C(C)(C)CC)ccc3oc2=O)c(C(F)(F)F)c1. The molecule has 0 amide bonds. The average molecular weight is 937 g/mol. The molecular formula is C52H54F6O9. The molecule has 358 valence electrons. The minimum Gasteiger partial charge on any atom is -0.491 e. The van der Waals surface area contributed by atoms with Crippen LogP contribution >= 0.6 is 0 Å². The maximum atomic E-state index is 14.4. The molecule has 0 unspecified atom stereocenters. The molecule has 0 aliphatic carbocycles. The fourth-order valence-electron chi connectivity index (χ4n) is 7.40. The summed E-state index contributed by atoms with van der Waals surface area (Å²) in [6, 6.07) is 19.4. The first-order valence-electron chi connectivity index (χ1n) is 22.4. The zero-order chi connectivity index (χ0) is 48.5. The van der Waals surface area contributed by atoms with E-state index in [4.69, 9.17) is 27.8 Å². The van der Waals surface area contributed by atoms with Crippen molar-refractivity contribution in [3.05, 3.63) is 128 Å². The van der Waals surface area contributed by atoms with E-state index in [2.05, 4.69) is 0 Å². The number of hydrogen-bond donors (Lipinski definition) is 0. The van der Waals surface area contributed by atoms with Gasteiger partial charge in [-0.05, 0) is 118 Å². The predicted octanol–water partition coefficient (Wildman–Crippen LogP) is 13.5. The van der Waals surface area contributed by atoms with Crippen LogP contribution in [0.3, 0.4) is 0 Å². The molecule has 15 heteroatoms. The van der Waals surface area contributed by atoms with Crippen molar-refractivity contribution in [3.63, 3.8) is 0 Å². The van der Waals surface area contributed by atoms with Gasteiger partial charge in [-0.3, -0.25) is 4.79 Å². The average Bonchev–Trinajstić information content (AvgIpc) is 3.28. The number of alkyl halides is 6. The highest BCUT2D eigenvalue weighted by Gasteiger charge is 2.36. The molecule has 9 nitrogen and oxygen atoms in total. The van der Waals surface area contributed by atoms with Gasteiger partial charge in [-0.15, -0.1) is 0 Å². The molecule has 2 heterocycles. The van der Waals surface area contributed by atoms with Gasteiger partial charge in [0.15, 0.2) is 6.79 Å². The third kappa shape index (κ3) is 12.9. The van der Waals surface area contributed by atoms with E-state index in [1.54, 1.807) is 26.0 Å². The van der Waals surface area contributed by atoms with Gasteiger partial charge < -0.3 is 27.8 Å². The molecule has 0 N–H and O–H groups in total. The lowest BCUT2D eigenvalue weighted by molar-refractivity contribution is -0.174. The Kier molecular flexibility index (Phi) is 16.3. The summed E-state index contributed by atoms with van der Waals surface area (Å²) in [7, 11) is 0. The number of fused-ring (bicyclic) bond motifs is 2. The van der Waals surface area contributed by atoms with E-state index in [1.807, 2.05) is 20.8 Å². The highest BCUT2D eigenvalue weighted by Crippen LogP contribution is 2.40. The first-order valence-corrected chi connectivity index (χ1v) is 22.4. The smallest absolute Gasteiger partial charge is 0.417 e. The van der Waals surface area contributed by atoms with Gasteiger partial charge in [-0.2, -0.15) is 26.3 Å². The van der Waals surface area contributed by atoms with E-state index < -0.39 is 59.0 Å². The Morgan fingerprint density at radius 2 is 1.03 bits per heavy atom. The van der Waals surface area contributed by atoms with Crippen LogP contribution in [0.2, 0.25) is 0 Å². The van der Waals surface area contributed by atoms with Gasteiger partial charge in [0.05, 0.1) is 27.7 Å². The second-order valence-electron chi connectivity index (χ2n) is 17.2. The van der Waals surface area contributed by atoms with Crippen LogP contribution in [0.5, 0.6) is 11.5 Å². The Balaban J connectivity index is 1.24. The number of halogens is 6. The van der Waals surface area contributed by atoms with Crippen molar-refractivity contribution in [2.75, 3.05) is 20.0 Å². The normalized spacial score (nSPS) is 12.3. The van der Waals surface area contributed by atoms with E-state index >= 15 is 0 Å². The zero-order valence-electron chi connectivity index (χ0n) is 38.1. The highest BCUT2D eigenvalue weighted by molar-refractivity contribution is 5.85. The molecule has 0 radical (unpaired) electrons. The molecule has 6 rings (SSSR count). The lowest BCUT2D eigenvalue weighted by Gasteiger charge is -2.23. The Morgan fingerprint density at radius 3 is 1.43 bits per heavy atom. The summed E-state index contributed by atoms with van der Waals surface area (Å²) < 4.78 is 121. The Hall–Kier alpha value is -6.09. The molecule has 0 spiro atoms. The number of carbonyl (C=O) groups is 1. The topological polar surface area (TPSA) is 114 Å². The van der Waals surface area contributed by atoms with E-state index in [9.17, 15) is 40.7 Å². The Labute approximate surface area is 384 Å². The van der Waals surface area contributed by atoms with Crippen molar-refractivity contribution < 1.29 is 58.9 Å². The largest absolute Gasteiger partial charge is 0.491 e. The molecule has 67 heavy (non-hydrogen) atoms. The van der Waals surface area contributed by atoms with E-state index in [0.29, 0.717) is 30.4 Å². The summed E-state index contributed by atoms with van der Waals surface area (Å²) >= 11 is 0. The zero-order valence-corrected chi connectivity index (χ0v) is 38.1. The van der Waals surface area contributed by atoms with Gasteiger partial charge in [0, 0.05) is 21.9 Å². The van der Waals surface area contributed by atoms with Crippen molar-refractivity contribution >= 4 is 27.9 Å². The first kappa shape index (κ1) is 50.3. The van der Waals surface area contributed by atoms with Crippen molar-refractivity contribution in [2.24, 2.45) is 5.41 Å². The van der Waals surface area contributed by atoms with Crippen LogP contribution in [-0.4, -0.2) is 32.1 Å². The standard InChI is InChI=1S/C52H54F6O9/c1-6-9-11-13-32-15-19-39(43(23-32)51(53,54)55)41-27-34-25-36(17-21-45(34)66-47(41)59)62-29-38(64-31-65-49(61)50(4,5)8-3)30-63-37-18-22-46-35(26-37)28-42(48(60)67-46)40-20-16-33(14-12-10-7-2)24-44(40)52(56,57)58/h15-28,38H,6-14,29-31H2,1-5H3. The predicted molar refractivity (Wildman–Crippen MR) is 243 cm³/mol. The second-order valence-corrected chi connectivity index (χ2v) is 17.2. The maximum absolute atomic E-state index is 14.4. The monoisotopic (exact) mass is 936 g/mol. The maximum Gasteiger partial charge on any atom is 0.417 e. The molecular weight excluding hydrogens is 883 g/mol. The van der Waals surface area contributed by atoms with Gasteiger partial charge in [-0.25, -0.2) is 9.59 Å². The van der Waals surface area contributed by atoms with Crippen LogP contribution < -0.4 is 20.7 Å².